The molecular weight excluding hydrogens is 186 g/mol. The molecule has 0 fully saturated rings. The molecule has 0 N–H and O–H groups in total. The van der Waals surface area contributed by atoms with E-state index in [1.165, 1.54) is 11.2 Å². The van der Waals surface area contributed by atoms with Gasteiger partial charge in [0.25, 0.3) is 0 Å². The van der Waals surface area contributed by atoms with Crippen LogP contribution in [0.15, 0.2) is 36.2 Å². The summed E-state index contributed by atoms with van der Waals surface area (Å²) in [7, 11) is 0. The zero-order valence-corrected chi connectivity index (χ0v) is 7.91. The molecule has 0 aliphatic carbocycles. The Bertz CT molecular complexity index is 286. The van der Waals surface area contributed by atoms with Crippen molar-refractivity contribution in [2.24, 2.45) is 5.10 Å². The van der Waals surface area contributed by atoms with Crippen molar-refractivity contribution in [3.8, 4) is 0 Å². The molecule has 0 radical (unpaired) electrons. The lowest BCUT2D eigenvalue weighted by atomic mass is 10.3. The van der Waals surface area contributed by atoms with E-state index in [1.54, 1.807) is 6.20 Å². The zero-order chi connectivity index (χ0) is 9.68. The van der Waals surface area contributed by atoms with E-state index in [0.29, 0.717) is 11.7 Å². The third kappa shape index (κ3) is 2.29. The molecule has 4 heteroatoms. The summed E-state index contributed by atoms with van der Waals surface area (Å²) in [5, 5.41) is 5.19. The van der Waals surface area contributed by atoms with Crippen LogP contribution in [-0.4, -0.2) is 11.7 Å². The topological polar surface area (TPSA) is 28.5 Å². The van der Waals surface area contributed by atoms with E-state index in [4.69, 9.17) is 11.6 Å². The number of hydrazone groups is 1. The Hall–Kier alpha value is -1.35. The first-order valence-electron chi connectivity index (χ1n) is 3.71. The molecule has 0 saturated heterocycles. The number of hydrogen-bond acceptors (Lipinski definition) is 3. The monoisotopic (exact) mass is 195 g/mol. The molecule has 0 unspecified atom stereocenters. The molecule has 0 amide bonds. The highest BCUT2D eigenvalue weighted by atomic mass is 35.5. The standard InChI is InChI=1S/C9H10ClN3/c1-3-13(11-2)9-5-4-8(6-10)7-12-9/h3-5,7H,1-2,6H2. The van der Waals surface area contributed by atoms with Crippen LogP contribution in [0.1, 0.15) is 5.56 Å². The van der Waals surface area contributed by atoms with Crippen LogP contribution < -0.4 is 5.01 Å². The molecule has 1 heterocycles. The molecule has 0 atom stereocenters. The summed E-state index contributed by atoms with van der Waals surface area (Å²) in [5.41, 5.74) is 0.971. The van der Waals surface area contributed by atoms with Gasteiger partial charge in [0.1, 0.15) is 0 Å². The number of alkyl halides is 1. The number of pyridine rings is 1. The second-order valence-electron chi connectivity index (χ2n) is 2.33. The summed E-state index contributed by atoms with van der Waals surface area (Å²) in [6.07, 6.45) is 3.24. The summed E-state index contributed by atoms with van der Waals surface area (Å²) in [6.45, 7) is 6.97. The first-order valence-corrected chi connectivity index (χ1v) is 4.24. The van der Waals surface area contributed by atoms with Crippen molar-refractivity contribution in [1.82, 2.24) is 4.98 Å². The third-order valence-electron chi connectivity index (χ3n) is 1.52. The molecule has 1 rings (SSSR count). The SMILES string of the molecule is C=CN(N=C)c1ccc(CCl)cn1. The smallest absolute Gasteiger partial charge is 0.153 e. The Balaban J connectivity index is 2.90. The lowest BCUT2D eigenvalue weighted by Gasteiger charge is -2.11. The number of nitrogens with zero attached hydrogens (tertiary/aromatic N) is 3. The minimum Gasteiger partial charge on any atom is -0.237 e. The lowest BCUT2D eigenvalue weighted by molar-refractivity contribution is 1.04. The third-order valence-corrected chi connectivity index (χ3v) is 1.83. The van der Waals surface area contributed by atoms with E-state index in [0.717, 1.165) is 5.56 Å². The van der Waals surface area contributed by atoms with Gasteiger partial charge in [0, 0.05) is 25.0 Å². The summed E-state index contributed by atoms with van der Waals surface area (Å²) in [6, 6.07) is 3.70. The van der Waals surface area contributed by atoms with Crippen LogP contribution in [0.4, 0.5) is 5.82 Å². The summed E-state index contributed by atoms with van der Waals surface area (Å²) >= 11 is 5.62. The van der Waals surface area contributed by atoms with Gasteiger partial charge in [-0.2, -0.15) is 5.10 Å². The van der Waals surface area contributed by atoms with Crippen molar-refractivity contribution in [2.45, 2.75) is 5.88 Å². The van der Waals surface area contributed by atoms with Crippen molar-refractivity contribution < 1.29 is 0 Å². The van der Waals surface area contributed by atoms with E-state index in [-0.39, 0.29) is 0 Å². The Morgan fingerprint density at radius 3 is 2.77 bits per heavy atom. The summed E-state index contributed by atoms with van der Waals surface area (Å²) in [5.74, 6) is 1.14. The maximum Gasteiger partial charge on any atom is 0.153 e. The molecule has 13 heavy (non-hydrogen) atoms. The number of hydrogen-bond donors (Lipinski definition) is 0. The van der Waals surface area contributed by atoms with Gasteiger partial charge in [-0.3, -0.25) is 0 Å². The van der Waals surface area contributed by atoms with E-state index >= 15 is 0 Å². The van der Waals surface area contributed by atoms with Gasteiger partial charge >= 0.3 is 0 Å². The fourth-order valence-electron chi connectivity index (χ4n) is 0.855. The molecule has 0 aliphatic rings. The van der Waals surface area contributed by atoms with Crippen LogP contribution in [-0.2, 0) is 5.88 Å². The van der Waals surface area contributed by atoms with E-state index in [9.17, 15) is 0 Å². The average molecular weight is 196 g/mol. The fourth-order valence-corrected chi connectivity index (χ4v) is 1.01. The molecule has 0 bridgehead atoms. The maximum atomic E-state index is 5.62. The van der Waals surface area contributed by atoms with E-state index in [2.05, 4.69) is 23.4 Å². The summed E-state index contributed by atoms with van der Waals surface area (Å²) in [4.78, 5) is 4.13. The first-order chi connectivity index (χ1) is 6.31. The van der Waals surface area contributed by atoms with Crippen molar-refractivity contribution in [2.75, 3.05) is 5.01 Å². The predicted molar refractivity (Wildman–Crippen MR) is 56.0 cm³/mol. The zero-order valence-electron chi connectivity index (χ0n) is 7.15. The Morgan fingerprint density at radius 1 is 1.62 bits per heavy atom. The van der Waals surface area contributed by atoms with Crippen molar-refractivity contribution in [3.63, 3.8) is 0 Å². The second kappa shape index (κ2) is 4.62. The summed E-state index contributed by atoms with van der Waals surface area (Å²) < 4.78 is 0. The number of anilines is 1. The highest BCUT2D eigenvalue weighted by Gasteiger charge is 1.99. The lowest BCUT2D eigenvalue weighted by Crippen LogP contribution is -2.07. The number of aromatic nitrogens is 1. The van der Waals surface area contributed by atoms with E-state index in [1.807, 2.05) is 12.1 Å². The Kier molecular flexibility index (Phi) is 3.46. The van der Waals surface area contributed by atoms with Gasteiger partial charge in [0.2, 0.25) is 0 Å². The molecule has 0 aliphatic heterocycles. The predicted octanol–water partition coefficient (Wildman–Crippen LogP) is 2.39. The molecule has 1 aromatic rings. The van der Waals surface area contributed by atoms with E-state index < -0.39 is 0 Å². The minimum absolute atomic E-state index is 0.461. The quantitative estimate of drug-likeness (QED) is 0.419. The molecule has 0 spiro atoms. The van der Waals surface area contributed by atoms with Crippen molar-refractivity contribution >= 4 is 24.1 Å². The second-order valence-corrected chi connectivity index (χ2v) is 2.59. The molecule has 3 nitrogen and oxygen atoms in total. The normalized spacial score (nSPS) is 9.31. The average Bonchev–Trinajstić information content (AvgIpc) is 2.21. The highest BCUT2D eigenvalue weighted by molar-refractivity contribution is 6.17. The van der Waals surface area contributed by atoms with Crippen LogP contribution in [0, 0.1) is 0 Å². The minimum atomic E-state index is 0.461. The molecule has 0 aromatic carbocycles. The van der Waals surface area contributed by atoms with Crippen LogP contribution in [0.5, 0.6) is 0 Å². The Morgan fingerprint density at radius 2 is 2.38 bits per heavy atom. The maximum absolute atomic E-state index is 5.62. The first kappa shape index (κ1) is 9.74. The fraction of sp³-hybridized carbons (Fsp3) is 0.111. The van der Waals surface area contributed by atoms with Gasteiger partial charge in [-0.25, -0.2) is 9.99 Å². The van der Waals surface area contributed by atoms with Crippen molar-refractivity contribution in [3.05, 3.63) is 36.7 Å². The number of halogens is 1. The van der Waals surface area contributed by atoms with Gasteiger partial charge < -0.3 is 0 Å². The largest absolute Gasteiger partial charge is 0.237 e. The van der Waals surface area contributed by atoms with Crippen LogP contribution in [0.3, 0.4) is 0 Å². The molecule has 0 saturated carbocycles. The van der Waals surface area contributed by atoms with Crippen LogP contribution in [0.2, 0.25) is 0 Å². The van der Waals surface area contributed by atoms with Gasteiger partial charge in [0.05, 0.1) is 0 Å². The number of rotatable bonds is 4. The van der Waals surface area contributed by atoms with Gasteiger partial charge in [-0.05, 0) is 11.6 Å². The van der Waals surface area contributed by atoms with Gasteiger partial charge in [0.15, 0.2) is 5.82 Å². The van der Waals surface area contributed by atoms with Crippen LogP contribution >= 0.6 is 11.6 Å². The Labute approximate surface area is 82.3 Å². The molecular formula is C9H10ClN3. The molecule has 1 aromatic heterocycles. The molecule has 68 valence electrons. The van der Waals surface area contributed by atoms with Gasteiger partial charge in [-0.15, -0.1) is 11.6 Å². The van der Waals surface area contributed by atoms with Crippen LogP contribution in [0.25, 0.3) is 0 Å². The van der Waals surface area contributed by atoms with Crippen molar-refractivity contribution in [1.29, 1.82) is 0 Å². The van der Waals surface area contributed by atoms with Gasteiger partial charge in [-0.1, -0.05) is 12.6 Å². The highest BCUT2D eigenvalue weighted by Crippen LogP contribution is 2.12.